The number of sulfone groups is 1. The zero-order valence-corrected chi connectivity index (χ0v) is 44.4. The number of nitrogens with zero attached hydrogens (tertiary/aromatic N) is 5. The predicted molar refractivity (Wildman–Crippen MR) is 259 cm³/mol. The summed E-state index contributed by atoms with van der Waals surface area (Å²) in [7, 11) is 2.02. The van der Waals surface area contributed by atoms with Crippen molar-refractivity contribution < 1.29 is 62.4 Å². The second-order valence-corrected chi connectivity index (χ2v) is 23.7. The fourth-order valence-electron chi connectivity index (χ4n) is 11.4. The maximum Gasteiger partial charge on any atom is 0.309 e. The highest BCUT2D eigenvalue weighted by Gasteiger charge is 2.55. The van der Waals surface area contributed by atoms with E-state index < -0.39 is 111 Å². The number of hydrogen-bond acceptors (Lipinski definition) is 17. The Bertz CT molecular complexity index is 2070. The van der Waals surface area contributed by atoms with Crippen LogP contribution < -0.4 is 0 Å². The first-order chi connectivity index (χ1) is 32.0. The van der Waals surface area contributed by atoms with E-state index in [9.17, 15) is 38.7 Å². The second kappa shape index (κ2) is 23.0. The monoisotopic (exact) mass is 996 g/mol. The molecule has 5 rings (SSSR count). The third-order valence-electron chi connectivity index (χ3n) is 15.7. The van der Waals surface area contributed by atoms with Gasteiger partial charge in [0.2, 0.25) is 0 Å². The highest BCUT2D eigenvalue weighted by atomic mass is 32.2. The zero-order chi connectivity index (χ0) is 51.6. The van der Waals surface area contributed by atoms with Crippen LogP contribution in [0.3, 0.4) is 0 Å². The number of esters is 1. The molecule has 18 atom stereocenters. The second-order valence-electron chi connectivity index (χ2n) is 21.7. The Kier molecular flexibility index (Phi) is 19.1. The van der Waals surface area contributed by atoms with Crippen molar-refractivity contribution in [3.8, 4) is 0 Å². The lowest BCUT2D eigenvalue weighted by atomic mass is 9.68. The number of rotatable bonds is 13. The number of methoxy groups -OCH3 is 1. The lowest BCUT2D eigenvalue weighted by molar-refractivity contribution is -0.302. The molecule has 0 bridgehead atoms. The molecular weight excluding hydrogens is 911 g/mol. The minimum atomic E-state index is -3.28. The molecule has 18 nitrogen and oxygen atoms in total. The Morgan fingerprint density at radius 3 is 2.22 bits per heavy atom. The third kappa shape index (κ3) is 13.5. The van der Waals surface area contributed by atoms with Crippen molar-refractivity contribution in [3.63, 3.8) is 0 Å². The predicted octanol–water partition coefficient (Wildman–Crippen LogP) is 3.02. The highest BCUT2D eigenvalue weighted by Crippen LogP contribution is 2.45. The maximum atomic E-state index is 14.6. The number of carbonyl (C=O) groups excluding carboxylic acids is 1. The summed E-state index contributed by atoms with van der Waals surface area (Å²) in [5.41, 5.74) is -2.73. The molecule has 3 saturated heterocycles. The third-order valence-corrected chi connectivity index (χ3v) is 16.9. The van der Waals surface area contributed by atoms with Crippen LogP contribution in [0, 0.1) is 23.7 Å². The molecule has 1 aromatic carbocycles. The van der Waals surface area contributed by atoms with E-state index >= 15 is 0 Å². The normalized spacial score (nSPS) is 40.5. The summed E-state index contributed by atoms with van der Waals surface area (Å²) >= 11 is 0. The van der Waals surface area contributed by atoms with Crippen LogP contribution in [-0.4, -0.2) is 189 Å². The van der Waals surface area contributed by atoms with Crippen molar-refractivity contribution in [1.82, 2.24) is 24.8 Å². The van der Waals surface area contributed by atoms with Crippen LogP contribution in [0.4, 0.5) is 0 Å². The Hall–Kier alpha value is -2.66. The van der Waals surface area contributed by atoms with E-state index in [1.165, 1.54) is 20.3 Å². The Morgan fingerprint density at radius 1 is 0.957 bits per heavy atom. The molecule has 5 N–H and O–H groups in total. The summed E-state index contributed by atoms with van der Waals surface area (Å²) in [6.45, 7) is 19.4. The number of aliphatic hydroxyl groups excluding tert-OH is 3. The van der Waals surface area contributed by atoms with E-state index in [1.54, 1.807) is 70.5 Å². The number of cyclic esters (lactones) is 1. The van der Waals surface area contributed by atoms with Gasteiger partial charge in [-0.05, 0) is 111 Å². The number of aromatic nitrogens is 3. The van der Waals surface area contributed by atoms with Gasteiger partial charge in [-0.15, -0.1) is 5.10 Å². The average molecular weight is 996 g/mol. The van der Waals surface area contributed by atoms with E-state index in [0.29, 0.717) is 38.9 Å². The van der Waals surface area contributed by atoms with Gasteiger partial charge in [-0.3, -0.25) is 9.48 Å². The molecule has 0 amide bonds. The molecule has 0 spiro atoms. The van der Waals surface area contributed by atoms with Crippen LogP contribution in [0.1, 0.15) is 106 Å². The molecule has 69 heavy (non-hydrogen) atoms. The van der Waals surface area contributed by atoms with Crippen LogP contribution in [0.15, 0.2) is 35.4 Å². The average Bonchev–Trinajstić information content (AvgIpc) is 3.74. The fourth-order valence-corrected chi connectivity index (χ4v) is 12.0. The van der Waals surface area contributed by atoms with Gasteiger partial charge in [-0.1, -0.05) is 45.0 Å². The highest BCUT2D eigenvalue weighted by molar-refractivity contribution is 7.90. The Morgan fingerprint density at radius 2 is 1.61 bits per heavy atom. The number of carbonyl (C=O) groups is 1. The maximum absolute atomic E-state index is 14.6. The van der Waals surface area contributed by atoms with Crippen LogP contribution >= 0.6 is 0 Å². The lowest BCUT2D eigenvalue weighted by Crippen LogP contribution is -2.62. The first-order valence-electron chi connectivity index (χ1n) is 24.8. The van der Waals surface area contributed by atoms with Crippen molar-refractivity contribution in [2.24, 2.45) is 23.7 Å². The van der Waals surface area contributed by atoms with Crippen molar-refractivity contribution >= 4 is 15.8 Å². The standard InChI is InChI=1S/C50H85N5O13S/c1-15-40-50(10,61)43(57)33(6)54(12)27-29(2)25-48(8,60)45(31(4)41(32(5)46(59)67-40)39-26-49(9,64-13)44(58)34(7)66-39)68-47-42(56)38(24-30(3)65-47)53(11)22-21-36-28-55(52-51-36)23-20-35-16-18-37(19-17-35)69(14,62)63/h16-19,28-34,38-45,47,56-58,60-61H,15,20-27H2,1-14H3/t29-,30-,31+,32-,33-,34+,38+,39?,40-,41+,42-,43-,44+,45-,47+,48-,49-,50-/m1/s1. The molecule has 1 aromatic heterocycles. The number of benzene rings is 1. The minimum Gasteiger partial charge on any atom is -0.459 e. The van der Waals surface area contributed by atoms with E-state index in [0.717, 1.165) is 11.3 Å². The molecular formula is C50H85N5O13S. The SMILES string of the molecule is CC[C@H]1OC(=O)[C@H](C)[C@@H](C2C[C@@](C)(OC)[C@@H](O)[C@H](C)O2)[C@H](C)[C@@H](O[C@@H]2O[C@H](C)C[C@H](N(C)CCc3cn(CCc4ccc(S(C)(=O)=O)cc4)nn3)[C@H]2O)[C@](C)(O)C[C@@H](C)CN(C)[C@H](C)[C@@H](O)[C@]1(C)O. The number of aryl methyl sites for hydroxylation is 2. The van der Waals surface area contributed by atoms with Crippen molar-refractivity contribution in [2.75, 3.05) is 40.6 Å². The van der Waals surface area contributed by atoms with Gasteiger partial charge in [0.15, 0.2) is 16.1 Å². The van der Waals surface area contributed by atoms with Gasteiger partial charge < -0.3 is 59.0 Å². The Labute approximate surface area is 410 Å². The molecule has 4 heterocycles. The van der Waals surface area contributed by atoms with Crippen molar-refractivity contribution in [2.45, 2.75) is 203 Å². The fraction of sp³-hybridized carbons (Fsp3) is 0.820. The van der Waals surface area contributed by atoms with E-state index in [2.05, 4.69) is 15.2 Å². The molecule has 2 aromatic rings. The van der Waals surface area contributed by atoms with Gasteiger partial charge in [0, 0.05) is 70.0 Å². The quantitative estimate of drug-likeness (QED) is 0.182. The van der Waals surface area contributed by atoms with Crippen LogP contribution in [0.25, 0.3) is 0 Å². The molecule has 394 valence electrons. The Balaban J connectivity index is 1.43. The van der Waals surface area contributed by atoms with Crippen LogP contribution in [0.5, 0.6) is 0 Å². The van der Waals surface area contributed by atoms with E-state index in [-0.39, 0.29) is 36.2 Å². The van der Waals surface area contributed by atoms with Crippen LogP contribution in [-0.2, 0) is 57.7 Å². The summed E-state index contributed by atoms with van der Waals surface area (Å²) in [5.74, 6) is -3.17. The number of aliphatic hydroxyl groups is 5. The molecule has 3 fully saturated rings. The molecule has 3 aliphatic rings. The largest absolute Gasteiger partial charge is 0.459 e. The van der Waals surface area contributed by atoms with Crippen LogP contribution in [0.2, 0.25) is 0 Å². The topological polar surface area (TPSA) is 236 Å². The molecule has 0 radical (unpaired) electrons. The number of hydrogen-bond donors (Lipinski definition) is 5. The molecule has 0 aliphatic carbocycles. The van der Waals surface area contributed by atoms with Gasteiger partial charge >= 0.3 is 5.97 Å². The smallest absolute Gasteiger partial charge is 0.309 e. The first-order valence-corrected chi connectivity index (χ1v) is 26.7. The summed E-state index contributed by atoms with van der Waals surface area (Å²) in [5, 5.41) is 68.7. The zero-order valence-electron chi connectivity index (χ0n) is 43.6. The number of ether oxygens (including phenoxy) is 5. The lowest BCUT2D eigenvalue weighted by Gasteiger charge is -2.51. The van der Waals surface area contributed by atoms with Gasteiger partial charge in [0.25, 0.3) is 0 Å². The molecule has 0 saturated carbocycles. The van der Waals surface area contributed by atoms with Crippen molar-refractivity contribution in [3.05, 3.63) is 41.7 Å². The number of likely N-dealkylation sites (N-methyl/N-ethyl adjacent to an activating group) is 2. The van der Waals surface area contributed by atoms with Gasteiger partial charge in [0.05, 0.1) is 52.1 Å². The summed E-state index contributed by atoms with van der Waals surface area (Å²) < 4.78 is 57.6. The molecule has 3 aliphatic heterocycles. The van der Waals surface area contributed by atoms with Gasteiger partial charge in [-0.2, -0.15) is 0 Å². The molecule has 19 heteroatoms. The van der Waals surface area contributed by atoms with Gasteiger partial charge in [-0.25, -0.2) is 8.42 Å². The summed E-state index contributed by atoms with van der Waals surface area (Å²) in [4.78, 5) is 18.8. The summed E-state index contributed by atoms with van der Waals surface area (Å²) in [6.07, 6.45) is -3.18. The van der Waals surface area contributed by atoms with Crippen molar-refractivity contribution in [1.29, 1.82) is 0 Å². The molecule has 1 unspecified atom stereocenters. The minimum absolute atomic E-state index is 0.178. The first kappa shape index (κ1) is 57.2. The van der Waals surface area contributed by atoms with Gasteiger partial charge in [0.1, 0.15) is 30.0 Å². The summed E-state index contributed by atoms with van der Waals surface area (Å²) in [6, 6.07) is 5.84. The van der Waals surface area contributed by atoms with E-state index in [4.69, 9.17) is 23.7 Å². The van der Waals surface area contributed by atoms with E-state index in [1.807, 2.05) is 46.0 Å².